The van der Waals surface area contributed by atoms with E-state index in [4.69, 9.17) is 4.74 Å². The van der Waals surface area contributed by atoms with Crippen LogP contribution in [0.2, 0.25) is 0 Å². The highest BCUT2D eigenvalue weighted by Gasteiger charge is 2.50. The monoisotopic (exact) mass is 464 g/mol. The molecular formula is C26H32N4O4. The van der Waals surface area contributed by atoms with E-state index < -0.39 is 30.5 Å². The summed E-state index contributed by atoms with van der Waals surface area (Å²) in [6, 6.07) is 17.2. The molecule has 0 spiro atoms. The number of hydrogen-bond acceptors (Lipinski definition) is 5. The molecule has 34 heavy (non-hydrogen) atoms. The number of amides is 3. The fourth-order valence-electron chi connectivity index (χ4n) is 4.63. The van der Waals surface area contributed by atoms with Gasteiger partial charge in [-0.15, -0.1) is 0 Å². The predicted octanol–water partition coefficient (Wildman–Crippen LogP) is 1.72. The molecule has 3 N–H and O–H groups in total. The van der Waals surface area contributed by atoms with E-state index in [9.17, 15) is 14.4 Å². The van der Waals surface area contributed by atoms with E-state index >= 15 is 0 Å². The highest BCUT2D eigenvalue weighted by molar-refractivity contribution is 5.94. The number of carbonyl (C=O) groups is 3. The van der Waals surface area contributed by atoms with Crippen LogP contribution in [0, 0.1) is 0 Å². The molecule has 0 saturated carbocycles. The zero-order valence-electron chi connectivity index (χ0n) is 19.7. The molecule has 2 aliphatic heterocycles. The van der Waals surface area contributed by atoms with Crippen LogP contribution in [0.1, 0.15) is 43.9 Å². The molecule has 0 radical (unpaired) electrons. The Hall–Kier alpha value is -3.23. The third-order valence-electron chi connectivity index (χ3n) is 6.67. The van der Waals surface area contributed by atoms with Crippen LogP contribution < -0.4 is 16.0 Å². The first kappa shape index (κ1) is 23.9. The highest BCUT2D eigenvalue weighted by Crippen LogP contribution is 2.32. The third-order valence-corrected chi connectivity index (χ3v) is 6.67. The molecule has 2 unspecified atom stereocenters. The lowest BCUT2D eigenvalue weighted by molar-refractivity contribution is -0.179. The topological polar surface area (TPSA) is 99.8 Å². The van der Waals surface area contributed by atoms with Gasteiger partial charge in [0.15, 0.2) is 0 Å². The Morgan fingerprint density at radius 1 is 1.00 bits per heavy atom. The minimum Gasteiger partial charge on any atom is -0.353 e. The van der Waals surface area contributed by atoms with Gasteiger partial charge in [0.05, 0.1) is 18.2 Å². The number of rotatable bonds is 7. The van der Waals surface area contributed by atoms with Crippen LogP contribution in [0.15, 0.2) is 60.7 Å². The van der Waals surface area contributed by atoms with Gasteiger partial charge in [0.25, 0.3) is 5.91 Å². The zero-order valence-corrected chi connectivity index (χ0v) is 19.7. The second-order valence-electron chi connectivity index (χ2n) is 8.89. The van der Waals surface area contributed by atoms with Crippen LogP contribution in [-0.2, 0) is 19.1 Å². The summed E-state index contributed by atoms with van der Waals surface area (Å²) in [6.07, 6.45) is 0.118. The number of likely N-dealkylation sites (N-methyl/N-ethyl adjacent to an activating group) is 1. The Bertz CT molecular complexity index is 976. The van der Waals surface area contributed by atoms with Crippen molar-refractivity contribution in [2.75, 3.05) is 7.05 Å². The summed E-state index contributed by atoms with van der Waals surface area (Å²) in [5.41, 5.74) is 1.91. The third kappa shape index (κ3) is 4.83. The van der Waals surface area contributed by atoms with Crippen LogP contribution in [0.25, 0.3) is 0 Å². The maximum atomic E-state index is 13.5. The van der Waals surface area contributed by atoms with Crippen LogP contribution in [0.3, 0.4) is 0 Å². The molecule has 2 heterocycles. The van der Waals surface area contributed by atoms with E-state index in [1.54, 1.807) is 20.9 Å². The zero-order chi connectivity index (χ0) is 24.2. The SMILES string of the molecule is CN[C@@H](C)C(=O)NC1C(=O)N2C(C(=O)NC(c3ccccc3)c3ccccc3)CC[C@@H]2O[C@@H]1C. The van der Waals surface area contributed by atoms with Crippen LogP contribution in [0.5, 0.6) is 0 Å². The molecule has 5 atom stereocenters. The Kier molecular flexibility index (Phi) is 7.29. The van der Waals surface area contributed by atoms with Gasteiger partial charge >= 0.3 is 0 Å². The maximum Gasteiger partial charge on any atom is 0.250 e. The van der Waals surface area contributed by atoms with Crippen molar-refractivity contribution < 1.29 is 19.1 Å². The van der Waals surface area contributed by atoms with Gasteiger partial charge in [-0.1, -0.05) is 60.7 Å². The van der Waals surface area contributed by atoms with Gasteiger partial charge in [0.1, 0.15) is 18.3 Å². The second kappa shape index (κ2) is 10.4. The number of carbonyl (C=O) groups excluding carboxylic acids is 3. The lowest BCUT2D eigenvalue weighted by atomic mass is 9.98. The van der Waals surface area contributed by atoms with Crippen molar-refractivity contribution in [1.29, 1.82) is 0 Å². The summed E-state index contributed by atoms with van der Waals surface area (Å²) in [6.45, 7) is 3.49. The number of ether oxygens (including phenoxy) is 1. The lowest BCUT2D eigenvalue weighted by Gasteiger charge is -2.41. The summed E-state index contributed by atoms with van der Waals surface area (Å²) >= 11 is 0. The molecule has 2 aromatic carbocycles. The number of hydrogen-bond donors (Lipinski definition) is 3. The fraction of sp³-hybridized carbons (Fsp3) is 0.423. The molecule has 2 aliphatic rings. The van der Waals surface area contributed by atoms with Crippen molar-refractivity contribution in [2.24, 2.45) is 0 Å². The lowest BCUT2D eigenvalue weighted by Crippen LogP contribution is -2.65. The standard InChI is InChI=1S/C26H32N4O4/c1-16(27-3)24(31)28-22-17(2)34-21-15-14-20(30(21)26(22)33)25(32)29-23(18-10-6-4-7-11-18)19-12-8-5-9-13-19/h4-13,16-17,20-23,27H,14-15H2,1-3H3,(H,28,31)(H,29,32)/t16-,17+,20?,21-,22?/m0/s1. The van der Waals surface area contributed by atoms with E-state index in [-0.39, 0.29) is 23.8 Å². The fourth-order valence-corrected chi connectivity index (χ4v) is 4.63. The van der Waals surface area contributed by atoms with Crippen LogP contribution in [0.4, 0.5) is 0 Å². The minimum atomic E-state index is -0.841. The maximum absolute atomic E-state index is 13.5. The molecule has 3 amide bonds. The summed E-state index contributed by atoms with van der Waals surface area (Å²) in [5.74, 6) is -0.808. The van der Waals surface area contributed by atoms with Gasteiger partial charge < -0.3 is 25.6 Å². The smallest absolute Gasteiger partial charge is 0.250 e. The quantitative estimate of drug-likeness (QED) is 0.580. The van der Waals surface area contributed by atoms with Gasteiger partial charge in [-0.25, -0.2) is 0 Å². The first-order chi connectivity index (χ1) is 16.4. The van der Waals surface area contributed by atoms with Gasteiger partial charge in [-0.05, 0) is 44.9 Å². The summed E-state index contributed by atoms with van der Waals surface area (Å²) < 4.78 is 6.05. The molecule has 0 aromatic heterocycles. The first-order valence-electron chi connectivity index (χ1n) is 11.8. The molecule has 2 saturated heterocycles. The van der Waals surface area contributed by atoms with E-state index in [1.807, 2.05) is 60.7 Å². The Morgan fingerprint density at radius 3 is 2.15 bits per heavy atom. The molecule has 0 aliphatic carbocycles. The predicted molar refractivity (Wildman–Crippen MR) is 128 cm³/mol. The van der Waals surface area contributed by atoms with E-state index in [1.165, 1.54) is 4.90 Å². The van der Waals surface area contributed by atoms with Crippen LogP contribution in [-0.4, -0.2) is 60.1 Å². The molecule has 2 aromatic rings. The molecule has 8 nitrogen and oxygen atoms in total. The van der Waals surface area contributed by atoms with Gasteiger partial charge in [-0.2, -0.15) is 0 Å². The van der Waals surface area contributed by atoms with Crippen molar-refractivity contribution in [3.8, 4) is 0 Å². The molecule has 4 rings (SSSR count). The van der Waals surface area contributed by atoms with Crippen molar-refractivity contribution in [2.45, 2.75) is 63.2 Å². The Morgan fingerprint density at radius 2 is 1.59 bits per heavy atom. The van der Waals surface area contributed by atoms with E-state index in [2.05, 4.69) is 16.0 Å². The molecule has 0 bridgehead atoms. The average molecular weight is 465 g/mol. The summed E-state index contributed by atoms with van der Waals surface area (Å²) in [4.78, 5) is 40.9. The van der Waals surface area contributed by atoms with Crippen molar-refractivity contribution >= 4 is 17.7 Å². The minimum absolute atomic E-state index is 0.236. The van der Waals surface area contributed by atoms with Gasteiger partial charge in [0.2, 0.25) is 11.8 Å². The molecule has 2 fully saturated rings. The normalized spacial score (nSPS) is 25.1. The average Bonchev–Trinajstić information content (AvgIpc) is 3.29. The number of nitrogens with zero attached hydrogens (tertiary/aromatic N) is 1. The molecule has 8 heteroatoms. The van der Waals surface area contributed by atoms with Crippen LogP contribution >= 0.6 is 0 Å². The highest BCUT2D eigenvalue weighted by atomic mass is 16.5. The molecular weight excluding hydrogens is 432 g/mol. The number of fused-ring (bicyclic) bond motifs is 1. The second-order valence-corrected chi connectivity index (χ2v) is 8.89. The first-order valence-corrected chi connectivity index (χ1v) is 11.8. The Labute approximate surface area is 200 Å². The molecule has 180 valence electrons. The largest absolute Gasteiger partial charge is 0.353 e. The Balaban J connectivity index is 1.54. The van der Waals surface area contributed by atoms with Gasteiger partial charge in [0, 0.05) is 0 Å². The summed E-state index contributed by atoms with van der Waals surface area (Å²) in [7, 11) is 1.68. The number of benzene rings is 2. The van der Waals surface area contributed by atoms with Crippen molar-refractivity contribution in [3.63, 3.8) is 0 Å². The van der Waals surface area contributed by atoms with Crippen molar-refractivity contribution in [3.05, 3.63) is 71.8 Å². The van der Waals surface area contributed by atoms with E-state index in [0.717, 1.165) is 11.1 Å². The summed E-state index contributed by atoms with van der Waals surface area (Å²) in [5, 5.41) is 8.81. The van der Waals surface area contributed by atoms with Gasteiger partial charge in [-0.3, -0.25) is 14.4 Å². The number of nitrogens with one attached hydrogen (secondary N) is 3. The van der Waals surface area contributed by atoms with Crippen molar-refractivity contribution in [1.82, 2.24) is 20.9 Å². The van der Waals surface area contributed by atoms with E-state index in [0.29, 0.717) is 12.8 Å².